The summed E-state index contributed by atoms with van der Waals surface area (Å²) in [4.78, 5) is 71.2. The second kappa shape index (κ2) is 18.8. The maximum atomic E-state index is 14.0. The first-order valence-electron chi connectivity index (χ1n) is 19.7. The normalized spacial score (nSPS) is 20.1. The summed E-state index contributed by atoms with van der Waals surface area (Å²) >= 11 is 0. The van der Waals surface area contributed by atoms with E-state index in [1.165, 1.54) is 19.2 Å². The molecule has 5 atom stereocenters. The summed E-state index contributed by atoms with van der Waals surface area (Å²) in [6.07, 6.45) is -0.755. The Morgan fingerprint density at radius 1 is 0.966 bits per heavy atom. The summed E-state index contributed by atoms with van der Waals surface area (Å²) in [6.45, 7) is 7.84. The molecule has 1 aromatic heterocycles. The highest BCUT2D eigenvalue weighted by atomic mass is 16.6. The Balaban J connectivity index is 1.18. The largest absolute Gasteiger partial charge is 0.460 e. The summed E-state index contributed by atoms with van der Waals surface area (Å²) in [7, 11) is 0. The van der Waals surface area contributed by atoms with Gasteiger partial charge in [0, 0.05) is 24.1 Å². The first-order chi connectivity index (χ1) is 27.9. The number of nitrogens with one attached hydrogen (secondary N) is 2. The maximum Gasteiger partial charge on any atom is 0.426 e. The number of hydrogen-bond donors (Lipinski definition) is 4. The van der Waals surface area contributed by atoms with Gasteiger partial charge in [0.15, 0.2) is 6.23 Å². The molecule has 1 aliphatic heterocycles. The molecule has 1 saturated carbocycles. The van der Waals surface area contributed by atoms with Crippen LogP contribution in [-0.2, 0) is 28.5 Å². The Bertz CT molecular complexity index is 2000. The molecule has 2 fully saturated rings. The molecule has 0 unspecified atom stereocenters. The number of amides is 3. The molecular weight excluding hydrogens is 750 g/mol. The van der Waals surface area contributed by atoms with Gasteiger partial charge in [0.25, 0.3) is 0 Å². The van der Waals surface area contributed by atoms with Gasteiger partial charge in [-0.3, -0.25) is 14.7 Å². The number of rotatable bonds is 13. The molecule has 0 spiro atoms. The van der Waals surface area contributed by atoms with Gasteiger partial charge in [-0.1, -0.05) is 87.2 Å². The summed E-state index contributed by atoms with van der Waals surface area (Å²) < 4.78 is 23.3. The Morgan fingerprint density at radius 2 is 1.62 bits per heavy atom. The van der Waals surface area contributed by atoms with E-state index in [4.69, 9.17) is 18.9 Å². The van der Waals surface area contributed by atoms with Gasteiger partial charge in [-0.15, -0.1) is 0 Å². The van der Waals surface area contributed by atoms with Crippen molar-refractivity contribution in [1.82, 2.24) is 20.0 Å². The zero-order chi connectivity index (χ0) is 41.5. The van der Waals surface area contributed by atoms with E-state index in [2.05, 4.69) is 22.3 Å². The van der Waals surface area contributed by atoms with Crippen LogP contribution in [0.25, 0.3) is 11.1 Å². The van der Waals surface area contributed by atoms with Crippen LogP contribution in [-0.4, -0.2) is 92.5 Å². The van der Waals surface area contributed by atoms with E-state index in [1.54, 1.807) is 13.8 Å². The molecule has 0 bridgehead atoms. The van der Waals surface area contributed by atoms with Gasteiger partial charge in [0.1, 0.15) is 24.6 Å². The van der Waals surface area contributed by atoms with Crippen LogP contribution in [0.3, 0.4) is 0 Å². The van der Waals surface area contributed by atoms with Crippen molar-refractivity contribution in [2.75, 3.05) is 18.5 Å². The van der Waals surface area contributed by atoms with Crippen molar-refractivity contribution in [3.63, 3.8) is 0 Å². The molecule has 3 aromatic rings. The van der Waals surface area contributed by atoms with E-state index < -0.39 is 73.0 Å². The molecule has 58 heavy (non-hydrogen) atoms. The summed E-state index contributed by atoms with van der Waals surface area (Å²) in [5, 5.41) is 23.0. The lowest BCUT2D eigenvalue weighted by Gasteiger charge is -2.33. The topological polar surface area (TPSA) is 208 Å². The van der Waals surface area contributed by atoms with Crippen molar-refractivity contribution in [3.8, 4) is 11.1 Å². The van der Waals surface area contributed by atoms with E-state index in [0.29, 0.717) is 12.3 Å². The number of hydrazine groups is 1. The minimum atomic E-state index is -1.76. The molecule has 16 heteroatoms. The first-order valence-corrected chi connectivity index (χ1v) is 19.7. The number of aliphatic hydroxyl groups is 2. The lowest BCUT2D eigenvalue weighted by Crippen LogP contribution is -2.58. The first kappa shape index (κ1) is 42.0. The second-order valence-electron chi connectivity index (χ2n) is 15.2. The highest BCUT2D eigenvalue weighted by molar-refractivity contribution is 5.87. The Labute approximate surface area is 336 Å². The molecule has 2 aliphatic carbocycles. The van der Waals surface area contributed by atoms with Crippen LogP contribution in [0, 0.1) is 5.92 Å². The predicted octanol–water partition coefficient (Wildman–Crippen LogP) is 4.95. The van der Waals surface area contributed by atoms with Crippen molar-refractivity contribution in [2.45, 2.75) is 108 Å². The lowest BCUT2D eigenvalue weighted by molar-refractivity contribution is -0.163. The number of ether oxygens (including phenoxy) is 4. The minimum absolute atomic E-state index is 0.0363. The Kier molecular flexibility index (Phi) is 13.6. The van der Waals surface area contributed by atoms with Gasteiger partial charge < -0.3 is 29.2 Å². The van der Waals surface area contributed by atoms with Crippen molar-refractivity contribution in [3.05, 3.63) is 94.6 Å². The molecule has 2 aromatic carbocycles. The fraction of sp³-hybridized carbons (Fsp3) is 0.476. The lowest BCUT2D eigenvalue weighted by atomic mass is 9.86. The predicted molar refractivity (Wildman–Crippen MR) is 210 cm³/mol. The number of benzene rings is 2. The minimum Gasteiger partial charge on any atom is -0.460 e. The summed E-state index contributed by atoms with van der Waals surface area (Å²) in [6, 6.07) is 15.7. The van der Waals surface area contributed by atoms with Gasteiger partial charge in [-0.25, -0.2) is 29.6 Å². The smallest absolute Gasteiger partial charge is 0.426 e. The van der Waals surface area contributed by atoms with E-state index in [1.807, 2.05) is 48.5 Å². The third-order valence-corrected chi connectivity index (χ3v) is 10.8. The number of aromatic nitrogens is 2. The Hall–Kier alpha value is -5.58. The van der Waals surface area contributed by atoms with E-state index >= 15 is 0 Å². The zero-order valence-electron chi connectivity index (χ0n) is 32.9. The summed E-state index contributed by atoms with van der Waals surface area (Å²) in [5.41, 5.74) is 5.87. The standard InChI is InChI=1S/C42H51N5O11/c1-24(2)56-39(51)37(58-41(53)44-34-20-21-46(40(52)43-34)38-25(3)36(50)33(22-48)57-38)26(4)47(35(49)19-18-27-12-6-5-7-13-27)45-42(54)55-23-32-30-16-10-8-14-28(30)29-15-9-11-17-31(29)32/h8-11,14-17,20-21,24,26-27,32-33,36-38,48,50H,3,5-7,12-13,18-19,22-23H2,1-2,4H3,(H,45,54)(H,43,44,52,53)/t26-,33+,36-,37+,38+/m0/s1. The number of fused-ring (bicyclic) bond motifs is 3. The average Bonchev–Trinajstić information content (AvgIpc) is 3.69. The van der Waals surface area contributed by atoms with Gasteiger partial charge >= 0.3 is 23.8 Å². The second-order valence-corrected chi connectivity index (χ2v) is 15.2. The van der Waals surface area contributed by atoms with Crippen LogP contribution in [0.1, 0.15) is 89.0 Å². The van der Waals surface area contributed by atoms with Crippen molar-refractivity contribution in [2.24, 2.45) is 5.92 Å². The molecule has 4 N–H and O–H groups in total. The molecule has 1 saturated heterocycles. The highest BCUT2D eigenvalue weighted by Crippen LogP contribution is 2.44. The van der Waals surface area contributed by atoms with Crippen molar-refractivity contribution in [1.29, 1.82) is 0 Å². The molecular formula is C42H51N5O11. The molecule has 2 heterocycles. The molecule has 16 nitrogen and oxygen atoms in total. The van der Waals surface area contributed by atoms with Crippen molar-refractivity contribution >= 4 is 29.9 Å². The Morgan fingerprint density at radius 3 is 2.22 bits per heavy atom. The third-order valence-electron chi connectivity index (χ3n) is 10.8. The van der Waals surface area contributed by atoms with Crippen LogP contribution < -0.4 is 16.4 Å². The number of carbonyl (C=O) groups excluding carboxylic acids is 4. The number of aliphatic hydroxyl groups excluding tert-OH is 2. The fourth-order valence-electron chi connectivity index (χ4n) is 7.83. The van der Waals surface area contributed by atoms with E-state index in [0.717, 1.165) is 63.9 Å². The van der Waals surface area contributed by atoms with Gasteiger partial charge in [-0.2, -0.15) is 4.98 Å². The third kappa shape index (κ3) is 9.57. The number of carbonyl (C=O) groups is 4. The van der Waals surface area contributed by atoms with Gasteiger partial charge in [-0.05, 0) is 61.4 Å². The zero-order valence-corrected chi connectivity index (χ0v) is 32.9. The number of nitrogens with zero attached hydrogens (tertiary/aromatic N) is 3. The maximum absolute atomic E-state index is 14.0. The fourth-order valence-corrected chi connectivity index (χ4v) is 7.83. The number of hydrogen-bond acceptors (Lipinski definition) is 12. The van der Waals surface area contributed by atoms with Gasteiger partial charge in [0.05, 0.1) is 18.8 Å². The molecule has 3 amide bonds. The van der Waals surface area contributed by atoms with E-state index in [9.17, 15) is 34.2 Å². The highest BCUT2D eigenvalue weighted by Gasteiger charge is 2.40. The quantitative estimate of drug-likeness (QED) is 0.0784. The SMILES string of the molecule is C=C1[C@H](n2ccc(NC(=O)O[C@@H](C(=O)OC(C)C)[C@H](C)N(NC(=O)OCC3c4ccccc4-c4ccccc43)C(=O)CCC3CCCCC3)nc2=O)O[C@H](CO)[C@H]1O. The van der Waals surface area contributed by atoms with Crippen LogP contribution in [0.15, 0.2) is 77.7 Å². The molecule has 3 aliphatic rings. The monoisotopic (exact) mass is 801 g/mol. The average molecular weight is 802 g/mol. The number of anilines is 1. The molecule has 6 rings (SSSR count). The molecule has 0 radical (unpaired) electrons. The number of esters is 1. The summed E-state index contributed by atoms with van der Waals surface area (Å²) in [5.74, 6) is -1.69. The van der Waals surface area contributed by atoms with Crippen LogP contribution in [0.2, 0.25) is 0 Å². The van der Waals surface area contributed by atoms with E-state index in [-0.39, 0.29) is 30.3 Å². The van der Waals surface area contributed by atoms with Crippen molar-refractivity contribution < 1.29 is 48.3 Å². The van der Waals surface area contributed by atoms with Crippen LogP contribution >= 0.6 is 0 Å². The molecule has 310 valence electrons. The van der Waals surface area contributed by atoms with Gasteiger partial charge in [0.2, 0.25) is 12.0 Å². The van der Waals surface area contributed by atoms with Crippen LogP contribution in [0.4, 0.5) is 15.4 Å². The van der Waals surface area contributed by atoms with Crippen LogP contribution in [0.5, 0.6) is 0 Å².